The average Bonchev–Trinajstić information content (AvgIpc) is 2.40. The first-order valence-electron chi connectivity index (χ1n) is 6.59. The van der Waals surface area contributed by atoms with Crippen molar-refractivity contribution in [3.8, 4) is 0 Å². The molecule has 21 heavy (non-hydrogen) atoms. The molecule has 0 atom stereocenters. The Labute approximate surface area is 128 Å². The lowest BCUT2D eigenvalue weighted by molar-refractivity contribution is 0.102. The van der Waals surface area contributed by atoms with E-state index in [1.165, 1.54) is 18.2 Å². The van der Waals surface area contributed by atoms with E-state index in [-0.39, 0.29) is 10.6 Å². The van der Waals surface area contributed by atoms with Crippen LogP contribution in [-0.4, -0.2) is 11.9 Å². The molecule has 0 aliphatic rings. The quantitative estimate of drug-likeness (QED) is 0.870. The third kappa shape index (κ3) is 3.95. The zero-order valence-corrected chi connectivity index (χ0v) is 12.5. The number of amides is 1. The molecule has 2 aromatic rings. The summed E-state index contributed by atoms with van der Waals surface area (Å²) in [6.07, 6.45) is 0. The summed E-state index contributed by atoms with van der Waals surface area (Å²) >= 11 is 5.86. The van der Waals surface area contributed by atoms with E-state index in [1.54, 1.807) is 12.1 Å². The molecule has 2 aromatic carbocycles. The van der Waals surface area contributed by atoms with Gasteiger partial charge in [-0.1, -0.05) is 17.7 Å². The van der Waals surface area contributed by atoms with Crippen LogP contribution in [-0.2, 0) is 0 Å². The van der Waals surface area contributed by atoms with Gasteiger partial charge in [0.15, 0.2) is 0 Å². The Morgan fingerprint density at radius 3 is 2.29 bits per heavy atom. The lowest BCUT2D eigenvalue weighted by Gasteiger charge is -2.11. The first kappa shape index (κ1) is 15.3. The van der Waals surface area contributed by atoms with E-state index in [4.69, 9.17) is 11.6 Å². The second kappa shape index (κ2) is 6.59. The van der Waals surface area contributed by atoms with Gasteiger partial charge in [0.25, 0.3) is 5.91 Å². The molecule has 110 valence electrons. The van der Waals surface area contributed by atoms with Crippen molar-refractivity contribution >= 4 is 28.9 Å². The van der Waals surface area contributed by atoms with E-state index < -0.39 is 11.7 Å². The zero-order valence-electron chi connectivity index (χ0n) is 11.8. The summed E-state index contributed by atoms with van der Waals surface area (Å²) in [6.45, 7) is 4.08. The van der Waals surface area contributed by atoms with Crippen molar-refractivity contribution in [3.63, 3.8) is 0 Å². The van der Waals surface area contributed by atoms with E-state index in [9.17, 15) is 9.18 Å². The average molecular weight is 307 g/mol. The molecule has 0 spiro atoms. The minimum absolute atomic E-state index is 0.0885. The van der Waals surface area contributed by atoms with Gasteiger partial charge in [0.2, 0.25) is 0 Å². The number of carbonyl (C=O) groups excluding carboxylic acids is 1. The van der Waals surface area contributed by atoms with E-state index in [0.717, 1.165) is 5.69 Å². The third-order valence-electron chi connectivity index (χ3n) is 2.79. The normalized spacial score (nSPS) is 10.5. The van der Waals surface area contributed by atoms with Gasteiger partial charge in [-0.05, 0) is 50.2 Å². The first-order valence-corrected chi connectivity index (χ1v) is 6.97. The highest BCUT2D eigenvalue weighted by molar-refractivity contribution is 6.34. The Bertz CT molecular complexity index is 621. The van der Waals surface area contributed by atoms with Crippen LogP contribution in [0.4, 0.5) is 15.8 Å². The second-order valence-electron chi connectivity index (χ2n) is 4.93. The van der Waals surface area contributed by atoms with Crippen molar-refractivity contribution in [2.45, 2.75) is 19.9 Å². The van der Waals surface area contributed by atoms with Gasteiger partial charge in [-0.2, -0.15) is 0 Å². The van der Waals surface area contributed by atoms with E-state index in [1.807, 2.05) is 26.0 Å². The predicted octanol–water partition coefficient (Wildman–Crippen LogP) is 4.55. The van der Waals surface area contributed by atoms with E-state index in [2.05, 4.69) is 10.6 Å². The number of hydrogen-bond donors (Lipinski definition) is 2. The number of nitrogens with one attached hydrogen (secondary N) is 2. The summed E-state index contributed by atoms with van der Waals surface area (Å²) in [4.78, 5) is 12.1. The molecule has 0 aliphatic carbocycles. The zero-order chi connectivity index (χ0) is 15.4. The topological polar surface area (TPSA) is 41.1 Å². The predicted molar refractivity (Wildman–Crippen MR) is 84.6 cm³/mol. The van der Waals surface area contributed by atoms with Gasteiger partial charge >= 0.3 is 0 Å². The summed E-state index contributed by atoms with van der Waals surface area (Å²) in [7, 11) is 0. The molecule has 0 heterocycles. The van der Waals surface area contributed by atoms with Gasteiger partial charge in [0.1, 0.15) is 5.82 Å². The summed E-state index contributed by atoms with van der Waals surface area (Å²) in [5, 5.41) is 5.96. The monoisotopic (exact) mass is 306 g/mol. The molecule has 1 amide bonds. The molecular formula is C16H16ClFN2O. The minimum atomic E-state index is -0.641. The molecule has 0 bridgehead atoms. The molecule has 3 nitrogen and oxygen atoms in total. The molecular weight excluding hydrogens is 291 g/mol. The molecule has 2 rings (SSSR count). The van der Waals surface area contributed by atoms with Crippen molar-refractivity contribution in [1.29, 1.82) is 0 Å². The SMILES string of the molecule is CC(C)Nc1ccc(NC(=O)c2c(F)cccc2Cl)cc1. The lowest BCUT2D eigenvalue weighted by atomic mass is 10.2. The van der Waals surface area contributed by atoms with Gasteiger partial charge in [-0.15, -0.1) is 0 Å². The van der Waals surface area contributed by atoms with Crippen LogP contribution in [0, 0.1) is 5.82 Å². The standard InChI is InChI=1S/C16H16ClFN2O/c1-10(2)19-11-6-8-12(9-7-11)20-16(21)15-13(17)4-3-5-14(15)18/h3-10,19H,1-2H3,(H,20,21). The van der Waals surface area contributed by atoms with Crippen LogP contribution in [0.3, 0.4) is 0 Å². The van der Waals surface area contributed by atoms with Gasteiger partial charge in [0.05, 0.1) is 10.6 Å². The van der Waals surface area contributed by atoms with Crippen LogP contribution in [0.25, 0.3) is 0 Å². The molecule has 0 fully saturated rings. The van der Waals surface area contributed by atoms with Crippen LogP contribution in [0.15, 0.2) is 42.5 Å². The largest absolute Gasteiger partial charge is 0.383 e. The number of benzene rings is 2. The Morgan fingerprint density at radius 2 is 1.71 bits per heavy atom. The van der Waals surface area contributed by atoms with Crippen molar-refractivity contribution in [3.05, 3.63) is 58.9 Å². The van der Waals surface area contributed by atoms with Crippen molar-refractivity contribution < 1.29 is 9.18 Å². The number of rotatable bonds is 4. The summed E-state index contributed by atoms with van der Waals surface area (Å²) in [5.74, 6) is -1.21. The van der Waals surface area contributed by atoms with Crippen LogP contribution >= 0.6 is 11.6 Å². The summed E-state index contributed by atoms with van der Waals surface area (Å²) in [6, 6.07) is 11.7. The molecule has 0 aliphatic heterocycles. The maximum absolute atomic E-state index is 13.7. The highest BCUT2D eigenvalue weighted by Crippen LogP contribution is 2.21. The number of hydrogen-bond acceptors (Lipinski definition) is 2. The molecule has 0 radical (unpaired) electrons. The number of halogens is 2. The van der Waals surface area contributed by atoms with Gasteiger partial charge < -0.3 is 10.6 Å². The molecule has 0 unspecified atom stereocenters. The smallest absolute Gasteiger partial charge is 0.260 e. The Balaban J connectivity index is 2.13. The minimum Gasteiger partial charge on any atom is -0.383 e. The van der Waals surface area contributed by atoms with Crippen LogP contribution in [0.1, 0.15) is 24.2 Å². The Kier molecular flexibility index (Phi) is 4.81. The van der Waals surface area contributed by atoms with Gasteiger partial charge in [-0.3, -0.25) is 4.79 Å². The van der Waals surface area contributed by atoms with Crippen LogP contribution in [0.2, 0.25) is 5.02 Å². The first-order chi connectivity index (χ1) is 9.97. The van der Waals surface area contributed by atoms with Gasteiger partial charge in [-0.25, -0.2) is 4.39 Å². The fourth-order valence-corrected chi connectivity index (χ4v) is 2.14. The third-order valence-corrected chi connectivity index (χ3v) is 3.10. The maximum Gasteiger partial charge on any atom is 0.260 e. The van der Waals surface area contributed by atoms with Crippen LogP contribution in [0.5, 0.6) is 0 Å². The van der Waals surface area contributed by atoms with Crippen molar-refractivity contribution in [1.82, 2.24) is 0 Å². The summed E-state index contributed by atoms with van der Waals surface area (Å²) in [5.41, 5.74) is 1.38. The fourth-order valence-electron chi connectivity index (χ4n) is 1.89. The fraction of sp³-hybridized carbons (Fsp3) is 0.188. The summed E-state index contributed by atoms with van der Waals surface area (Å²) < 4.78 is 13.7. The van der Waals surface area contributed by atoms with Crippen molar-refractivity contribution in [2.24, 2.45) is 0 Å². The molecule has 0 saturated carbocycles. The van der Waals surface area contributed by atoms with Crippen LogP contribution < -0.4 is 10.6 Å². The number of anilines is 2. The number of carbonyl (C=O) groups is 1. The molecule has 0 saturated heterocycles. The van der Waals surface area contributed by atoms with E-state index in [0.29, 0.717) is 11.7 Å². The van der Waals surface area contributed by atoms with Gasteiger partial charge in [0, 0.05) is 17.4 Å². The lowest BCUT2D eigenvalue weighted by Crippen LogP contribution is -2.14. The molecule has 2 N–H and O–H groups in total. The van der Waals surface area contributed by atoms with Crippen molar-refractivity contribution in [2.75, 3.05) is 10.6 Å². The highest BCUT2D eigenvalue weighted by Gasteiger charge is 2.15. The Morgan fingerprint density at radius 1 is 1.10 bits per heavy atom. The second-order valence-corrected chi connectivity index (χ2v) is 5.33. The molecule has 0 aromatic heterocycles. The van der Waals surface area contributed by atoms with E-state index >= 15 is 0 Å². The maximum atomic E-state index is 13.7. The molecule has 5 heteroatoms. The highest BCUT2D eigenvalue weighted by atomic mass is 35.5. The Hall–Kier alpha value is -2.07.